The van der Waals surface area contributed by atoms with E-state index in [1.165, 1.54) is 126 Å². The van der Waals surface area contributed by atoms with E-state index in [9.17, 15) is 0 Å². The first kappa shape index (κ1) is 41.8. The average Bonchev–Trinajstić information content (AvgIpc) is 3.93. The van der Waals surface area contributed by atoms with Crippen molar-refractivity contribution < 1.29 is 20.8 Å². The molecule has 0 amide bonds. The molecule has 8 aromatic rings. The minimum Gasteiger partial charge on any atom is -0.184 e. The number of unbranched alkanes of at least 4 members (excludes halogenated alkanes) is 2. The van der Waals surface area contributed by atoms with Crippen LogP contribution in [0.25, 0.3) is 54.9 Å². The number of hydrogen-bond donors (Lipinski definition) is 0. The molecule has 1 heterocycles. The van der Waals surface area contributed by atoms with Crippen molar-refractivity contribution in [3.63, 3.8) is 0 Å². The van der Waals surface area contributed by atoms with Crippen LogP contribution in [-0.4, -0.2) is 9.52 Å². The summed E-state index contributed by atoms with van der Waals surface area (Å²) < 4.78 is 0. The van der Waals surface area contributed by atoms with E-state index in [0.717, 1.165) is 9.52 Å². The molecule has 0 N–H and O–H groups in total. The quantitative estimate of drug-likeness (QED) is 0.105. The van der Waals surface area contributed by atoms with Gasteiger partial charge in [0.2, 0.25) is 0 Å². The zero-order chi connectivity index (χ0) is 39.3. The van der Waals surface area contributed by atoms with Crippen molar-refractivity contribution in [3.8, 4) is 33.4 Å². The summed E-state index contributed by atoms with van der Waals surface area (Å²) in [5.74, 6) is 0. The predicted molar refractivity (Wildman–Crippen MR) is 244 cm³/mol. The Morgan fingerprint density at radius 3 is 1.54 bits per heavy atom. The van der Waals surface area contributed by atoms with Crippen LogP contribution in [0.2, 0.25) is 0 Å². The van der Waals surface area contributed by atoms with Crippen LogP contribution in [-0.2, 0) is 33.7 Å². The zero-order valence-corrected chi connectivity index (χ0v) is 37.9. The van der Waals surface area contributed by atoms with E-state index in [-0.39, 0.29) is 0 Å². The van der Waals surface area contributed by atoms with E-state index in [2.05, 4.69) is 179 Å². The Morgan fingerprint density at radius 1 is 0.571 bits per heavy atom. The molecule has 0 aromatic heterocycles. The van der Waals surface area contributed by atoms with Crippen molar-refractivity contribution in [1.82, 2.24) is 0 Å². The van der Waals surface area contributed by atoms with E-state index in [1.807, 2.05) is 6.07 Å². The Bertz CT molecular complexity index is 2270. The number of fused-ring (bicyclic) bond motifs is 5. The smallest absolute Gasteiger partial charge is 0.0920 e. The van der Waals surface area contributed by atoms with E-state index in [1.54, 1.807) is 0 Å². The van der Waals surface area contributed by atoms with Gasteiger partial charge in [-0.05, 0) is 36.8 Å². The molecule has 2 radical (unpaired) electrons. The Hall–Kier alpha value is -3.78. The fourth-order valence-electron chi connectivity index (χ4n) is 7.72. The van der Waals surface area contributed by atoms with Gasteiger partial charge in [0.05, 0.1) is 9.52 Å². The summed E-state index contributed by atoms with van der Waals surface area (Å²) >= 11 is -0.826. The minimum atomic E-state index is -0.826. The van der Waals surface area contributed by atoms with Gasteiger partial charge in [-0.2, -0.15) is 41.6 Å². The number of hydrogen-bond acceptors (Lipinski definition) is 0. The topological polar surface area (TPSA) is 0 Å². The molecule has 8 aromatic carbocycles. The number of halogens is 2. The molecule has 0 bridgehead atoms. The summed E-state index contributed by atoms with van der Waals surface area (Å²) in [6, 6.07) is 58.2. The molecule has 4 heteroatoms. The second-order valence-electron chi connectivity index (χ2n) is 14.4. The van der Waals surface area contributed by atoms with Crippen LogP contribution in [0.1, 0.15) is 61.8 Å². The van der Waals surface area contributed by atoms with Gasteiger partial charge in [0.15, 0.2) is 0 Å². The summed E-state index contributed by atoms with van der Waals surface area (Å²) in [5, 5.41) is 8.36. The van der Waals surface area contributed by atoms with Crippen LogP contribution >= 0.6 is 17.0 Å². The largest absolute Gasteiger partial charge is 0.184 e. The molecule has 0 aliphatic carbocycles. The van der Waals surface area contributed by atoms with Crippen molar-refractivity contribution in [2.24, 2.45) is 0 Å². The van der Waals surface area contributed by atoms with Crippen LogP contribution in [0.5, 0.6) is 0 Å². The minimum absolute atomic E-state index is 0.795. The van der Waals surface area contributed by atoms with Gasteiger partial charge in [-0.25, -0.2) is 0 Å². The summed E-state index contributed by atoms with van der Waals surface area (Å²) in [7, 11) is 10.7. The van der Waals surface area contributed by atoms with Gasteiger partial charge in [0, 0.05) is 0 Å². The number of rotatable bonds is 8. The molecule has 0 unspecified atom stereocenters. The van der Waals surface area contributed by atoms with E-state index in [0.29, 0.717) is 0 Å². The van der Waals surface area contributed by atoms with Gasteiger partial charge in [0.25, 0.3) is 0 Å². The Morgan fingerprint density at radius 2 is 1.04 bits per heavy atom. The fourth-order valence-corrected chi connectivity index (χ4v) is 9.03. The molecular formula is C52H49Cl2SiZr-3. The molecule has 1 aliphatic heterocycles. The number of aryl methyl sites for hydroxylation is 4. The predicted octanol–water partition coefficient (Wildman–Crippen LogP) is 14.3. The first-order chi connectivity index (χ1) is 27.4. The van der Waals surface area contributed by atoms with Crippen LogP contribution < -0.4 is 10.4 Å². The SMILES string of the molecule is CCCCc1ccc2[cH-]c(C)cc2c1-c1ccccc1.CCCCc1ccc2[cH-]c(C)cc2c1-c1ccccc1.[Cl][Zr][Cl].[c-]1cccc2c1[Si]c1ccccc1-2. The van der Waals surface area contributed by atoms with E-state index < -0.39 is 20.8 Å². The second kappa shape index (κ2) is 21.1. The molecule has 0 atom stereocenters. The van der Waals surface area contributed by atoms with Crippen molar-refractivity contribution in [3.05, 3.63) is 180 Å². The standard InChI is InChI=1S/2C20H21.C12H7Si.2ClH.Zr/c2*1-3-4-8-17-11-12-18-13-15(2)14-19(18)20(17)16-9-6-5-7-10-16;1-3-7-11-9(5-1)10-6-2-4-8-12(10)13-11;;;/h2*5-7,9-14H,3-4,8H2,1-2H3;1-7H;2*1H;/q3*-1;;;+2/p-2. The Kier molecular flexibility index (Phi) is 15.8. The van der Waals surface area contributed by atoms with Crippen molar-refractivity contribution in [2.75, 3.05) is 0 Å². The van der Waals surface area contributed by atoms with Crippen LogP contribution in [0.15, 0.2) is 152 Å². The molecule has 0 nitrogen and oxygen atoms in total. The van der Waals surface area contributed by atoms with Crippen molar-refractivity contribution >= 4 is 58.5 Å². The Labute approximate surface area is 356 Å². The second-order valence-corrected chi connectivity index (χ2v) is 19.4. The van der Waals surface area contributed by atoms with Crippen LogP contribution in [0, 0.1) is 19.9 Å². The molecule has 0 saturated carbocycles. The molecule has 9 rings (SSSR count). The van der Waals surface area contributed by atoms with Gasteiger partial charge in [-0.3, -0.25) is 0 Å². The van der Waals surface area contributed by atoms with Gasteiger partial charge in [-0.1, -0.05) is 158 Å². The van der Waals surface area contributed by atoms with E-state index >= 15 is 0 Å². The maximum atomic E-state index is 4.93. The third-order valence-electron chi connectivity index (χ3n) is 10.3. The molecule has 0 saturated heterocycles. The van der Waals surface area contributed by atoms with Gasteiger partial charge in [-0.15, -0.1) is 74.6 Å². The first-order valence-electron chi connectivity index (χ1n) is 19.8. The van der Waals surface area contributed by atoms with Crippen LogP contribution in [0.3, 0.4) is 0 Å². The van der Waals surface area contributed by atoms with Crippen LogP contribution in [0.4, 0.5) is 0 Å². The van der Waals surface area contributed by atoms with E-state index in [4.69, 9.17) is 17.0 Å². The zero-order valence-electron chi connectivity index (χ0n) is 32.9. The molecule has 1 aliphatic rings. The van der Waals surface area contributed by atoms with Gasteiger partial charge >= 0.3 is 37.9 Å². The normalized spacial score (nSPS) is 11.0. The molecule has 56 heavy (non-hydrogen) atoms. The van der Waals surface area contributed by atoms with Crippen molar-refractivity contribution in [2.45, 2.75) is 66.2 Å². The molecule has 0 spiro atoms. The van der Waals surface area contributed by atoms with Crippen molar-refractivity contribution in [1.29, 1.82) is 0 Å². The van der Waals surface area contributed by atoms with Gasteiger partial charge < -0.3 is 0 Å². The fraction of sp³-hybridized carbons (Fsp3) is 0.192. The third-order valence-corrected chi connectivity index (χ3v) is 11.7. The first-order valence-corrected chi connectivity index (χ1v) is 27.1. The molecule has 0 fully saturated rings. The summed E-state index contributed by atoms with van der Waals surface area (Å²) in [6.07, 6.45) is 7.33. The molecular weight excluding hydrogens is 815 g/mol. The molecule has 282 valence electrons. The third kappa shape index (κ3) is 10.4. The van der Waals surface area contributed by atoms with Gasteiger partial charge in [0.1, 0.15) is 0 Å². The maximum absolute atomic E-state index is 4.93. The maximum Gasteiger partial charge on any atom is 0.0920 e. The average molecular weight is 864 g/mol. The number of benzene rings is 6. The summed E-state index contributed by atoms with van der Waals surface area (Å²) in [4.78, 5) is 0. The monoisotopic (exact) mass is 861 g/mol. The summed E-state index contributed by atoms with van der Waals surface area (Å²) in [6.45, 7) is 8.88. The summed E-state index contributed by atoms with van der Waals surface area (Å²) in [5.41, 5.74) is 14.0. The Balaban J connectivity index is 0.000000140.